The molecule has 2 heterocycles. The molecule has 0 amide bonds. The lowest BCUT2D eigenvalue weighted by molar-refractivity contribution is 0.356. The van der Waals surface area contributed by atoms with Crippen molar-refractivity contribution in [3.05, 3.63) is 88.7 Å². The monoisotopic (exact) mass is 560 g/mol. The summed E-state index contributed by atoms with van der Waals surface area (Å²) in [5, 5.41) is 0.748. The fraction of sp³-hybridized carbons (Fsp3) is 0.286. The minimum absolute atomic E-state index is 0.0817. The average molecular weight is 561 g/mol. The zero-order valence-corrected chi connectivity index (χ0v) is 21.9. The Bertz CT molecular complexity index is 1570. The van der Waals surface area contributed by atoms with E-state index in [-0.39, 0.29) is 11.3 Å². The van der Waals surface area contributed by atoms with E-state index < -0.39 is 49.3 Å². The first kappa shape index (κ1) is 26.5. The van der Waals surface area contributed by atoms with Crippen LogP contribution in [0.5, 0.6) is 0 Å². The van der Waals surface area contributed by atoms with Gasteiger partial charge in [0.1, 0.15) is 28.2 Å². The summed E-state index contributed by atoms with van der Waals surface area (Å²) in [7, 11) is -4.48. The predicted octanol–water partition coefficient (Wildman–Crippen LogP) is 7.53. The van der Waals surface area contributed by atoms with Gasteiger partial charge in [0.25, 0.3) is 0 Å². The molecule has 0 bridgehead atoms. The Morgan fingerprint density at radius 3 is 2.34 bits per heavy atom. The van der Waals surface area contributed by atoms with E-state index in [2.05, 4.69) is 9.97 Å². The van der Waals surface area contributed by atoms with Crippen LogP contribution in [0.2, 0.25) is 0 Å². The Morgan fingerprint density at radius 2 is 1.61 bits per heavy atom. The summed E-state index contributed by atoms with van der Waals surface area (Å²) in [5.74, 6) is -4.63. The van der Waals surface area contributed by atoms with Crippen LogP contribution in [0.1, 0.15) is 42.7 Å². The first-order chi connectivity index (χ1) is 18.2. The first-order valence-electron chi connectivity index (χ1n) is 12.3. The smallest absolute Gasteiger partial charge is 0.185 e. The molecule has 198 valence electrons. The van der Waals surface area contributed by atoms with Crippen LogP contribution in [0, 0.1) is 29.2 Å². The van der Waals surface area contributed by atoms with E-state index in [4.69, 9.17) is 0 Å². The molecule has 38 heavy (non-hydrogen) atoms. The highest BCUT2D eigenvalue weighted by molar-refractivity contribution is 7.90. The predicted molar refractivity (Wildman–Crippen MR) is 138 cm³/mol. The van der Waals surface area contributed by atoms with E-state index in [1.54, 1.807) is 24.5 Å². The Balaban J connectivity index is 1.58. The molecule has 0 radical (unpaired) electrons. The second-order valence-electron chi connectivity index (χ2n) is 9.46. The molecule has 1 aliphatic carbocycles. The molecule has 2 aromatic heterocycles. The van der Waals surface area contributed by atoms with Crippen molar-refractivity contribution in [1.29, 1.82) is 0 Å². The van der Waals surface area contributed by atoms with Gasteiger partial charge in [-0.3, -0.25) is 4.98 Å². The highest BCUT2D eigenvalue weighted by Crippen LogP contribution is 2.41. The van der Waals surface area contributed by atoms with Crippen LogP contribution in [0.15, 0.2) is 59.8 Å². The van der Waals surface area contributed by atoms with Crippen molar-refractivity contribution in [2.75, 3.05) is 0 Å². The van der Waals surface area contributed by atoms with Crippen LogP contribution >= 0.6 is 11.3 Å². The molecule has 0 aliphatic heterocycles. The molecule has 5 rings (SSSR count). The van der Waals surface area contributed by atoms with Crippen molar-refractivity contribution in [2.45, 2.75) is 49.2 Å². The third-order valence-corrected chi connectivity index (χ3v) is 9.58. The zero-order valence-electron chi connectivity index (χ0n) is 20.3. The van der Waals surface area contributed by atoms with Crippen LogP contribution in [-0.4, -0.2) is 18.4 Å². The topological polar surface area (TPSA) is 59.9 Å². The third kappa shape index (κ3) is 5.51. The van der Waals surface area contributed by atoms with E-state index >= 15 is 8.78 Å². The van der Waals surface area contributed by atoms with Crippen LogP contribution in [0.4, 0.5) is 17.6 Å². The number of rotatable bonds is 7. The van der Waals surface area contributed by atoms with Crippen molar-refractivity contribution < 1.29 is 26.0 Å². The molecule has 4 aromatic rings. The number of pyridine rings is 1. The summed E-state index contributed by atoms with van der Waals surface area (Å²) in [6, 6.07) is 7.45. The molecular formula is C28H24F4N2O2S2. The van der Waals surface area contributed by atoms with Crippen molar-refractivity contribution in [3.63, 3.8) is 0 Å². The standard InChI is InChI=1S/C28H24F4N2O2S2/c29-20-7-9-21(30)23(15-20)38(35,36)16-19-6-8-22(31)25(26(19)32)27-28(18-10-12-33-13-11-18)37-24(34-27)14-17-4-2-1-3-5-17/h6-13,15,17H,1-5,14,16H2. The highest BCUT2D eigenvalue weighted by atomic mass is 32.2. The number of hydrogen-bond donors (Lipinski definition) is 0. The molecule has 0 N–H and O–H groups in total. The normalized spacial score (nSPS) is 14.6. The minimum atomic E-state index is -4.48. The largest absolute Gasteiger partial charge is 0.265 e. The maximum atomic E-state index is 15.9. The lowest BCUT2D eigenvalue weighted by atomic mass is 9.87. The molecule has 0 saturated heterocycles. The molecule has 2 aromatic carbocycles. The summed E-state index contributed by atoms with van der Waals surface area (Å²) < 4.78 is 84.7. The van der Waals surface area contributed by atoms with E-state index in [1.165, 1.54) is 17.8 Å². The maximum absolute atomic E-state index is 15.9. The quantitative estimate of drug-likeness (QED) is 0.219. The van der Waals surface area contributed by atoms with Crippen LogP contribution < -0.4 is 0 Å². The number of aromatic nitrogens is 2. The summed E-state index contributed by atoms with van der Waals surface area (Å²) in [6.45, 7) is 0. The van der Waals surface area contributed by atoms with E-state index in [9.17, 15) is 17.2 Å². The number of benzene rings is 2. The van der Waals surface area contributed by atoms with Gasteiger partial charge in [-0.05, 0) is 47.9 Å². The van der Waals surface area contributed by atoms with Gasteiger partial charge in [0.15, 0.2) is 9.84 Å². The second kappa shape index (κ2) is 10.9. The van der Waals surface area contributed by atoms with Gasteiger partial charge in [0, 0.05) is 24.4 Å². The molecule has 10 heteroatoms. The molecule has 1 fully saturated rings. The van der Waals surface area contributed by atoms with Crippen molar-refractivity contribution in [2.24, 2.45) is 5.92 Å². The molecule has 1 aliphatic rings. The number of thiazole rings is 1. The van der Waals surface area contributed by atoms with Gasteiger partial charge in [0.05, 0.1) is 26.9 Å². The zero-order chi connectivity index (χ0) is 26.9. The van der Waals surface area contributed by atoms with Gasteiger partial charge >= 0.3 is 0 Å². The van der Waals surface area contributed by atoms with Crippen molar-refractivity contribution >= 4 is 21.2 Å². The molecule has 0 spiro atoms. The van der Waals surface area contributed by atoms with Gasteiger partial charge in [-0.1, -0.05) is 38.2 Å². The number of sulfone groups is 1. The van der Waals surface area contributed by atoms with Gasteiger partial charge in [0.2, 0.25) is 0 Å². The molecule has 0 unspecified atom stereocenters. The highest BCUT2D eigenvalue weighted by Gasteiger charge is 2.28. The summed E-state index contributed by atoms with van der Waals surface area (Å²) >= 11 is 1.36. The lowest BCUT2D eigenvalue weighted by Crippen LogP contribution is -2.10. The number of halogens is 4. The number of hydrogen-bond acceptors (Lipinski definition) is 5. The van der Waals surface area contributed by atoms with Gasteiger partial charge in [-0.25, -0.2) is 31.0 Å². The molecule has 1 saturated carbocycles. The Kier molecular flexibility index (Phi) is 7.63. The summed E-state index contributed by atoms with van der Waals surface area (Å²) in [4.78, 5) is 8.33. The van der Waals surface area contributed by atoms with Gasteiger partial charge in [-0.15, -0.1) is 11.3 Å². The maximum Gasteiger partial charge on any atom is 0.185 e. The van der Waals surface area contributed by atoms with Crippen LogP contribution in [0.3, 0.4) is 0 Å². The molecule has 4 nitrogen and oxygen atoms in total. The summed E-state index contributed by atoms with van der Waals surface area (Å²) in [6.07, 6.45) is 9.48. The van der Waals surface area contributed by atoms with E-state index in [1.807, 2.05) is 0 Å². The Labute approximate surface area is 222 Å². The van der Waals surface area contributed by atoms with Crippen LogP contribution in [0.25, 0.3) is 21.7 Å². The lowest BCUT2D eigenvalue weighted by Gasteiger charge is -2.20. The minimum Gasteiger partial charge on any atom is -0.265 e. The SMILES string of the molecule is O=S(=O)(Cc1ccc(F)c(-c2nc(CC3CCCCC3)sc2-c2ccncc2)c1F)c1cc(F)ccc1F. The van der Waals surface area contributed by atoms with E-state index in [0.29, 0.717) is 34.9 Å². The second-order valence-corrected chi connectivity index (χ2v) is 12.5. The fourth-order valence-corrected chi connectivity index (χ4v) is 7.52. The van der Waals surface area contributed by atoms with Gasteiger partial charge < -0.3 is 0 Å². The van der Waals surface area contributed by atoms with Crippen LogP contribution in [-0.2, 0) is 22.0 Å². The van der Waals surface area contributed by atoms with E-state index in [0.717, 1.165) is 48.9 Å². The Morgan fingerprint density at radius 1 is 0.895 bits per heavy atom. The Hall–Kier alpha value is -3.11. The third-order valence-electron chi connectivity index (χ3n) is 6.78. The van der Waals surface area contributed by atoms with Gasteiger partial charge in [-0.2, -0.15) is 0 Å². The molecular weight excluding hydrogens is 536 g/mol. The van der Waals surface area contributed by atoms with Crippen molar-refractivity contribution in [3.8, 4) is 21.7 Å². The molecule has 0 atom stereocenters. The van der Waals surface area contributed by atoms with Crippen molar-refractivity contribution in [1.82, 2.24) is 9.97 Å². The number of nitrogens with zero attached hydrogens (tertiary/aromatic N) is 2. The average Bonchev–Trinajstić information content (AvgIpc) is 3.31. The summed E-state index contributed by atoms with van der Waals surface area (Å²) in [5.41, 5.74) is -0.0535. The fourth-order valence-electron chi connectivity index (χ4n) is 4.88. The first-order valence-corrected chi connectivity index (χ1v) is 14.7.